The predicted octanol–water partition coefficient (Wildman–Crippen LogP) is 1.78. The van der Waals surface area contributed by atoms with Crippen LogP contribution in [0.5, 0.6) is 0 Å². The molecule has 2 aliphatic rings. The molecule has 1 aromatic rings. The Bertz CT molecular complexity index is 436. The van der Waals surface area contributed by atoms with Crippen LogP contribution in [0, 0.1) is 0 Å². The highest BCUT2D eigenvalue weighted by Crippen LogP contribution is 2.37. The SMILES string of the molecule is CC1(Cc2ccccc2)CN=C(N)N1C1CC1. The van der Waals surface area contributed by atoms with Gasteiger partial charge in [0.25, 0.3) is 0 Å². The van der Waals surface area contributed by atoms with E-state index in [-0.39, 0.29) is 5.54 Å². The predicted molar refractivity (Wildman–Crippen MR) is 69.9 cm³/mol. The van der Waals surface area contributed by atoms with Crippen molar-refractivity contribution < 1.29 is 0 Å². The highest BCUT2D eigenvalue weighted by atomic mass is 15.4. The summed E-state index contributed by atoms with van der Waals surface area (Å²) in [6.45, 7) is 3.10. The fourth-order valence-electron chi connectivity index (χ4n) is 2.82. The lowest BCUT2D eigenvalue weighted by atomic mass is 9.92. The Labute approximate surface area is 102 Å². The molecule has 1 aromatic carbocycles. The van der Waals surface area contributed by atoms with Crippen LogP contribution < -0.4 is 5.73 Å². The minimum Gasteiger partial charge on any atom is -0.370 e. The average molecular weight is 229 g/mol. The van der Waals surface area contributed by atoms with Crippen molar-refractivity contribution in [1.29, 1.82) is 0 Å². The molecule has 3 rings (SSSR count). The van der Waals surface area contributed by atoms with Gasteiger partial charge in [0, 0.05) is 6.04 Å². The average Bonchev–Trinajstić information content (AvgIpc) is 3.08. The zero-order chi connectivity index (χ0) is 11.9. The van der Waals surface area contributed by atoms with E-state index in [9.17, 15) is 0 Å². The van der Waals surface area contributed by atoms with Gasteiger partial charge in [0.2, 0.25) is 0 Å². The summed E-state index contributed by atoms with van der Waals surface area (Å²) < 4.78 is 0. The van der Waals surface area contributed by atoms with Gasteiger partial charge in [-0.15, -0.1) is 0 Å². The molecule has 1 aliphatic carbocycles. The van der Waals surface area contributed by atoms with Crippen molar-refractivity contribution in [1.82, 2.24) is 4.90 Å². The third-order valence-corrected chi connectivity index (χ3v) is 3.75. The van der Waals surface area contributed by atoms with Crippen molar-refractivity contribution in [2.75, 3.05) is 6.54 Å². The van der Waals surface area contributed by atoms with Crippen LogP contribution in [-0.2, 0) is 6.42 Å². The summed E-state index contributed by atoms with van der Waals surface area (Å²) in [6, 6.07) is 11.3. The van der Waals surface area contributed by atoms with Gasteiger partial charge in [0.15, 0.2) is 5.96 Å². The van der Waals surface area contributed by atoms with Crippen molar-refractivity contribution in [3.63, 3.8) is 0 Å². The van der Waals surface area contributed by atoms with E-state index in [4.69, 9.17) is 5.73 Å². The first-order valence-electron chi connectivity index (χ1n) is 6.32. The van der Waals surface area contributed by atoms with Crippen LogP contribution >= 0.6 is 0 Å². The van der Waals surface area contributed by atoms with Crippen molar-refractivity contribution in [2.24, 2.45) is 10.7 Å². The Kier molecular flexibility index (Phi) is 2.35. The summed E-state index contributed by atoms with van der Waals surface area (Å²) in [5.74, 6) is 0.742. The van der Waals surface area contributed by atoms with E-state index in [1.807, 2.05) is 0 Å². The number of benzene rings is 1. The molecule has 0 amide bonds. The molecule has 0 radical (unpaired) electrons. The quantitative estimate of drug-likeness (QED) is 0.858. The van der Waals surface area contributed by atoms with Crippen LogP contribution in [-0.4, -0.2) is 29.0 Å². The summed E-state index contributed by atoms with van der Waals surface area (Å²) in [6.07, 6.45) is 3.55. The lowest BCUT2D eigenvalue weighted by Gasteiger charge is -2.36. The lowest BCUT2D eigenvalue weighted by molar-refractivity contribution is 0.212. The molecule has 17 heavy (non-hydrogen) atoms. The number of rotatable bonds is 3. The van der Waals surface area contributed by atoms with E-state index in [0.717, 1.165) is 18.9 Å². The fraction of sp³-hybridized carbons (Fsp3) is 0.500. The molecule has 0 saturated heterocycles. The molecule has 2 N–H and O–H groups in total. The van der Waals surface area contributed by atoms with E-state index in [2.05, 4.69) is 47.1 Å². The van der Waals surface area contributed by atoms with E-state index >= 15 is 0 Å². The zero-order valence-electron chi connectivity index (χ0n) is 10.3. The van der Waals surface area contributed by atoms with Crippen molar-refractivity contribution >= 4 is 5.96 Å². The maximum atomic E-state index is 6.03. The van der Waals surface area contributed by atoms with Gasteiger partial charge in [-0.25, -0.2) is 0 Å². The van der Waals surface area contributed by atoms with Crippen LogP contribution in [0.1, 0.15) is 25.3 Å². The van der Waals surface area contributed by atoms with Gasteiger partial charge in [-0.05, 0) is 31.7 Å². The van der Waals surface area contributed by atoms with Gasteiger partial charge >= 0.3 is 0 Å². The van der Waals surface area contributed by atoms with Gasteiger partial charge < -0.3 is 10.6 Å². The maximum Gasteiger partial charge on any atom is 0.192 e. The first kappa shape index (κ1) is 10.6. The Hall–Kier alpha value is -1.51. The smallest absolute Gasteiger partial charge is 0.192 e. The Morgan fingerprint density at radius 1 is 1.35 bits per heavy atom. The summed E-state index contributed by atoms with van der Waals surface area (Å²) in [5, 5.41) is 0. The second kappa shape index (κ2) is 3.76. The first-order chi connectivity index (χ1) is 8.19. The first-order valence-corrected chi connectivity index (χ1v) is 6.32. The molecule has 3 heteroatoms. The van der Waals surface area contributed by atoms with Crippen LogP contribution in [0.15, 0.2) is 35.3 Å². The molecule has 0 aromatic heterocycles. The molecular weight excluding hydrogens is 210 g/mol. The molecule has 1 atom stereocenters. The largest absolute Gasteiger partial charge is 0.370 e. The molecule has 1 aliphatic heterocycles. The third-order valence-electron chi connectivity index (χ3n) is 3.75. The number of nitrogens with two attached hydrogens (primary N) is 1. The Morgan fingerprint density at radius 3 is 2.71 bits per heavy atom. The standard InChI is InChI=1S/C14H19N3/c1-14(9-11-5-3-2-4-6-11)10-16-13(15)17(14)12-7-8-12/h2-6,12H,7-10H2,1H3,(H2,15,16). The van der Waals surface area contributed by atoms with Crippen molar-refractivity contribution in [3.05, 3.63) is 35.9 Å². The van der Waals surface area contributed by atoms with Gasteiger partial charge in [-0.3, -0.25) is 4.99 Å². The fourth-order valence-corrected chi connectivity index (χ4v) is 2.82. The second-order valence-corrected chi connectivity index (χ2v) is 5.43. The molecule has 3 nitrogen and oxygen atoms in total. The molecule has 0 bridgehead atoms. The zero-order valence-corrected chi connectivity index (χ0v) is 10.3. The van der Waals surface area contributed by atoms with E-state index in [1.165, 1.54) is 18.4 Å². The summed E-state index contributed by atoms with van der Waals surface area (Å²) in [5.41, 5.74) is 7.47. The molecular formula is C14H19N3. The summed E-state index contributed by atoms with van der Waals surface area (Å²) in [4.78, 5) is 6.80. The number of aliphatic imine (C=N–C) groups is 1. The summed E-state index contributed by atoms with van der Waals surface area (Å²) >= 11 is 0. The molecule has 1 fully saturated rings. The number of guanidine groups is 1. The van der Waals surface area contributed by atoms with Crippen molar-refractivity contribution in [3.8, 4) is 0 Å². The monoisotopic (exact) mass is 229 g/mol. The van der Waals surface area contributed by atoms with Gasteiger partial charge in [-0.1, -0.05) is 30.3 Å². The Balaban J connectivity index is 1.81. The van der Waals surface area contributed by atoms with E-state index < -0.39 is 0 Å². The number of nitrogens with zero attached hydrogens (tertiary/aromatic N) is 2. The van der Waals surface area contributed by atoms with E-state index in [0.29, 0.717) is 6.04 Å². The highest BCUT2D eigenvalue weighted by molar-refractivity contribution is 5.81. The van der Waals surface area contributed by atoms with E-state index in [1.54, 1.807) is 0 Å². The molecule has 90 valence electrons. The van der Waals surface area contributed by atoms with Gasteiger partial charge in [0.05, 0.1) is 12.1 Å². The molecule has 1 heterocycles. The minimum atomic E-state index is 0.0760. The van der Waals surface area contributed by atoms with Crippen LogP contribution in [0.25, 0.3) is 0 Å². The Morgan fingerprint density at radius 2 is 2.06 bits per heavy atom. The molecule has 1 saturated carbocycles. The topological polar surface area (TPSA) is 41.6 Å². The molecule has 1 unspecified atom stereocenters. The van der Waals surface area contributed by atoms with Crippen LogP contribution in [0.2, 0.25) is 0 Å². The van der Waals surface area contributed by atoms with Crippen LogP contribution in [0.3, 0.4) is 0 Å². The molecule has 0 spiro atoms. The maximum absolute atomic E-state index is 6.03. The second-order valence-electron chi connectivity index (χ2n) is 5.43. The van der Waals surface area contributed by atoms with Gasteiger partial charge in [0.1, 0.15) is 0 Å². The van der Waals surface area contributed by atoms with Gasteiger partial charge in [-0.2, -0.15) is 0 Å². The third kappa shape index (κ3) is 1.90. The number of hydrogen-bond donors (Lipinski definition) is 1. The number of hydrogen-bond acceptors (Lipinski definition) is 3. The highest BCUT2D eigenvalue weighted by Gasteiger charge is 2.45. The summed E-state index contributed by atoms with van der Waals surface area (Å²) in [7, 11) is 0. The normalized spacial score (nSPS) is 28.3. The van der Waals surface area contributed by atoms with Crippen molar-refractivity contribution in [2.45, 2.75) is 37.8 Å². The minimum absolute atomic E-state index is 0.0760. The van der Waals surface area contributed by atoms with Crippen LogP contribution in [0.4, 0.5) is 0 Å². The lowest BCUT2D eigenvalue weighted by Crippen LogP contribution is -2.52.